The van der Waals surface area contributed by atoms with E-state index in [1.54, 1.807) is 11.0 Å². The Morgan fingerprint density at radius 3 is 2.56 bits per heavy atom. The van der Waals surface area contributed by atoms with Crippen molar-refractivity contribution in [1.29, 1.82) is 0 Å². The van der Waals surface area contributed by atoms with Gasteiger partial charge in [-0.2, -0.15) is 0 Å². The van der Waals surface area contributed by atoms with E-state index in [0.717, 1.165) is 23.0 Å². The molecule has 6 nitrogen and oxygen atoms in total. The third-order valence-electron chi connectivity index (χ3n) is 3.74. The van der Waals surface area contributed by atoms with Gasteiger partial charge in [-0.3, -0.25) is 0 Å². The van der Waals surface area contributed by atoms with Crippen molar-refractivity contribution < 1.29 is 24.2 Å². The first kappa shape index (κ1) is 18.8. The number of carbonyl (C=O) groups excluding carboxylic acids is 1. The summed E-state index contributed by atoms with van der Waals surface area (Å²) >= 11 is 0. The van der Waals surface area contributed by atoms with Crippen molar-refractivity contribution in [3.8, 4) is 5.75 Å². The predicted octanol–water partition coefficient (Wildman–Crippen LogP) is 3.34. The van der Waals surface area contributed by atoms with Crippen LogP contribution in [0.2, 0.25) is 0 Å². The Bertz CT molecular complexity index is 669. The Hall–Kier alpha value is -2.50. The van der Waals surface area contributed by atoms with Crippen molar-refractivity contribution in [2.24, 2.45) is 5.92 Å². The third-order valence-corrected chi connectivity index (χ3v) is 3.74. The number of benzene rings is 1. The molecule has 1 N–H and O–H groups in total. The van der Waals surface area contributed by atoms with Crippen LogP contribution in [0.1, 0.15) is 31.9 Å². The lowest BCUT2D eigenvalue weighted by Gasteiger charge is -2.39. The summed E-state index contributed by atoms with van der Waals surface area (Å²) in [5.74, 6) is 0.0550. The molecular weight excluding hydrogens is 322 g/mol. The predicted molar refractivity (Wildman–Crippen MR) is 94.6 cm³/mol. The Kier molecular flexibility index (Phi) is 5.72. The van der Waals surface area contributed by atoms with Crippen LogP contribution in [0, 0.1) is 12.8 Å². The number of rotatable bonds is 5. The lowest BCUT2D eigenvalue weighted by atomic mass is 10.0. The number of aliphatic carboxylic acids is 1. The normalized spacial score (nSPS) is 15.1. The quantitative estimate of drug-likeness (QED) is 0.827. The SMILES string of the molecule is Cc1cc(OCC2CN(C(=O)OC(C)(C)C)C2)ccc1/C=C/C(=O)O. The molecule has 2 rings (SSSR count). The average Bonchev–Trinajstić information content (AvgIpc) is 2.42. The van der Waals surface area contributed by atoms with E-state index in [1.165, 1.54) is 0 Å². The van der Waals surface area contributed by atoms with Gasteiger partial charge in [0.25, 0.3) is 0 Å². The maximum Gasteiger partial charge on any atom is 0.410 e. The largest absolute Gasteiger partial charge is 0.493 e. The molecule has 0 atom stereocenters. The minimum atomic E-state index is -0.973. The van der Waals surface area contributed by atoms with Gasteiger partial charge in [-0.25, -0.2) is 9.59 Å². The van der Waals surface area contributed by atoms with Gasteiger partial charge in [0.05, 0.1) is 6.61 Å². The summed E-state index contributed by atoms with van der Waals surface area (Å²) in [5, 5.41) is 8.67. The van der Waals surface area contributed by atoms with Crippen LogP contribution in [0.5, 0.6) is 5.75 Å². The number of carboxylic acids is 1. The standard InChI is InChI=1S/C19H25NO5/c1-13-9-16(7-5-15(13)6-8-17(21)22)24-12-14-10-20(11-14)18(23)25-19(2,3)4/h5-9,14H,10-12H2,1-4H3,(H,21,22)/b8-6+. The Labute approximate surface area is 148 Å². The van der Waals surface area contributed by atoms with Crippen LogP contribution in [-0.2, 0) is 9.53 Å². The van der Waals surface area contributed by atoms with Crippen LogP contribution in [0.15, 0.2) is 24.3 Å². The van der Waals surface area contributed by atoms with E-state index in [1.807, 2.05) is 45.9 Å². The van der Waals surface area contributed by atoms with E-state index in [-0.39, 0.29) is 6.09 Å². The number of carboxylic acid groups (broad SMARTS) is 1. The number of amides is 1. The Morgan fingerprint density at radius 1 is 1.32 bits per heavy atom. The zero-order chi connectivity index (χ0) is 18.6. The number of nitrogens with zero attached hydrogens (tertiary/aromatic N) is 1. The van der Waals surface area contributed by atoms with Gasteiger partial charge in [-0.1, -0.05) is 6.07 Å². The topological polar surface area (TPSA) is 76.1 Å². The van der Waals surface area contributed by atoms with Gasteiger partial charge < -0.3 is 19.5 Å². The van der Waals surface area contributed by atoms with E-state index in [4.69, 9.17) is 14.6 Å². The van der Waals surface area contributed by atoms with Gasteiger partial charge in [-0.05, 0) is 57.0 Å². The number of aryl methyl sites for hydroxylation is 1. The smallest absolute Gasteiger partial charge is 0.410 e. The third kappa shape index (κ3) is 5.81. The van der Waals surface area contributed by atoms with Crippen molar-refractivity contribution in [3.63, 3.8) is 0 Å². The summed E-state index contributed by atoms with van der Waals surface area (Å²) in [4.78, 5) is 24.1. The molecule has 1 aromatic rings. The first-order chi connectivity index (χ1) is 11.6. The van der Waals surface area contributed by atoms with E-state index >= 15 is 0 Å². The monoisotopic (exact) mass is 347 g/mol. The van der Waals surface area contributed by atoms with Gasteiger partial charge in [0.2, 0.25) is 0 Å². The molecule has 25 heavy (non-hydrogen) atoms. The summed E-state index contributed by atoms with van der Waals surface area (Å²) in [7, 11) is 0. The molecule has 1 saturated heterocycles. The zero-order valence-corrected chi connectivity index (χ0v) is 15.1. The second-order valence-electron chi connectivity index (χ2n) is 7.25. The molecule has 0 aromatic heterocycles. The molecule has 1 aliphatic heterocycles. The molecule has 0 spiro atoms. The van der Waals surface area contributed by atoms with Gasteiger partial charge in [0.15, 0.2) is 0 Å². The second kappa shape index (κ2) is 7.59. The van der Waals surface area contributed by atoms with Gasteiger partial charge in [0, 0.05) is 25.1 Å². The first-order valence-electron chi connectivity index (χ1n) is 8.26. The molecule has 0 unspecified atom stereocenters. The maximum atomic E-state index is 11.9. The summed E-state index contributed by atoms with van der Waals surface area (Å²) in [6, 6.07) is 5.53. The highest BCUT2D eigenvalue weighted by atomic mass is 16.6. The molecule has 0 radical (unpaired) electrons. The van der Waals surface area contributed by atoms with Crippen molar-refractivity contribution in [2.75, 3.05) is 19.7 Å². The van der Waals surface area contributed by atoms with Gasteiger partial charge >= 0.3 is 12.1 Å². The van der Waals surface area contributed by atoms with Crippen molar-refractivity contribution in [1.82, 2.24) is 4.90 Å². The minimum Gasteiger partial charge on any atom is -0.493 e. The minimum absolute atomic E-state index is 0.283. The summed E-state index contributed by atoms with van der Waals surface area (Å²) < 4.78 is 11.1. The zero-order valence-electron chi connectivity index (χ0n) is 15.1. The highest BCUT2D eigenvalue weighted by molar-refractivity contribution is 5.85. The van der Waals surface area contributed by atoms with Crippen LogP contribution in [-0.4, -0.2) is 47.4 Å². The fourth-order valence-corrected chi connectivity index (χ4v) is 2.45. The number of hydrogen-bond acceptors (Lipinski definition) is 4. The highest BCUT2D eigenvalue weighted by Gasteiger charge is 2.34. The van der Waals surface area contributed by atoms with Gasteiger partial charge in [-0.15, -0.1) is 0 Å². The molecular formula is C19H25NO5. The Balaban J connectivity index is 1.79. The lowest BCUT2D eigenvalue weighted by Crippen LogP contribution is -2.53. The van der Waals surface area contributed by atoms with Crippen LogP contribution < -0.4 is 4.74 Å². The molecule has 136 valence electrons. The fraction of sp³-hybridized carbons (Fsp3) is 0.474. The molecule has 0 saturated carbocycles. The fourth-order valence-electron chi connectivity index (χ4n) is 2.45. The van der Waals surface area contributed by atoms with Crippen molar-refractivity contribution >= 4 is 18.1 Å². The van der Waals surface area contributed by atoms with E-state index in [9.17, 15) is 9.59 Å². The molecule has 1 amide bonds. The second-order valence-corrected chi connectivity index (χ2v) is 7.25. The number of likely N-dealkylation sites (tertiary alicyclic amines) is 1. The van der Waals surface area contributed by atoms with Crippen molar-refractivity contribution in [2.45, 2.75) is 33.3 Å². The number of carbonyl (C=O) groups is 2. The molecule has 1 heterocycles. The number of ether oxygens (including phenoxy) is 2. The van der Waals surface area contributed by atoms with E-state index in [0.29, 0.717) is 25.6 Å². The van der Waals surface area contributed by atoms with Crippen molar-refractivity contribution in [3.05, 3.63) is 35.4 Å². The molecule has 0 bridgehead atoms. The molecule has 1 aliphatic rings. The summed E-state index contributed by atoms with van der Waals surface area (Å²) in [6.45, 7) is 9.25. The van der Waals surface area contributed by atoms with Crippen LogP contribution in [0.25, 0.3) is 6.08 Å². The van der Waals surface area contributed by atoms with Crippen LogP contribution in [0.3, 0.4) is 0 Å². The maximum absolute atomic E-state index is 11.9. The first-order valence-corrected chi connectivity index (χ1v) is 8.26. The summed E-state index contributed by atoms with van der Waals surface area (Å²) in [6.07, 6.45) is 2.39. The highest BCUT2D eigenvalue weighted by Crippen LogP contribution is 2.23. The van der Waals surface area contributed by atoms with Gasteiger partial charge in [0.1, 0.15) is 11.4 Å². The molecule has 1 fully saturated rings. The Morgan fingerprint density at radius 2 is 2.00 bits per heavy atom. The molecule has 6 heteroatoms. The average molecular weight is 347 g/mol. The van der Waals surface area contributed by atoms with E-state index < -0.39 is 11.6 Å². The number of hydrogen-bond donors (Lipinski definition) is 1. The summed E-state index contributed by atoms with van der Waals surface area (Å²) in [5.41, 5.74) is 1.31. The molecule has 0 aliphatic carbocycles. The van der Waals surface area contributed by atoms with Crippen LogP contribution in [0.4, 0.5) is 4.79 Å². The molecule has 1 aromatic carbocycles. The van der Waals surface area contributed by atoms with Crippen LogP contribution >= 0.6 is 0 Å². The lowest BCUT2D eigenvalue weighted by molar-refractivity contribution is -0.131. The van der Waals surface area contributed by atoms with E-state index in [2.05, 4.69) is 0 Å².